The Bertz CT molecular complexity index is 1450. The molecule has 4 heterocycles. The number of fused-ring (bicyclic) bond motifs is 3. The highest BCUT2D eigenvalue weighted by Crippen LogP contribution is 2.49. The maximum Gasteiger partial charge on any atom is 0.253 e. The Kier molecular flexibility index (Phi) is 5.61. The van der Waals surface area contributed by atoms with Gasteiger partial charge in [-0.2, -0.15) is 5.10 Å². The summed E-state index contributed by atoms with van der Waals surface area (Å²) in [5.74, 6) is -0.281. The first kappa shape index (κ1) is 24.6. The third-order valence-corrected chi connectivity index (χ3v) is 8.81. The van der Waals surface area contributed by atoms with E-state index in [2.05, 4.69) is 10.2 Å². The third kappa shape index (κ3) is 3.71. The van der Waals surface area contributed by atoms with Gasteiger partial charge in [0.25, 0.3) is 5.91 Å². The van der Waals surface area contributed by atoms with Crippen molar-refractivity contribution in [1.82, 2.24) is 20.0 Å². The molecule has 0 aliphatic carbocycles. The molecule has 1 atom stereocenters. The molecule has 3 aliphatic rings. The lowest BCUT2D eigenvalue weighted by atomic mass is 9.72. The van der Waals surface area contributed by atoms with Crippen molar-refractivity contribution in [3.05, 3.63) is 59.3 Å². The van der Waals surface area contributed by atoms with Crippen LogP contribution in [0.2, 0.25) is 0 Å². The van der Waals surface area contributed by atoms with Gasteiger partial charge in [0, 0.05) is 48.2 Å². The van der Waals surface area contributed by atoms with Crippen LogP contribution >= 0.6 is 0 Å². The van der Waals surface area contributed by atoms with E-state index in [4.69, 9.17) is 0 Å². The summed E-state index contributed by atoms with van der Waals surface area (Å²) < 4.78 is 0. The standard InChI is InChI=1S/C29H33N5O4/c1-18-5-4-6-22-25(18)29(27(38)34(22)16-24(36)33-15-23(35)28(2,3)17-33)9-11-32(12-10-29)26(37)19-7-8-21-20(13-19)14-30-31-21/h4-8,13-14,23,35H,9-12,15-17H2,1-3H3,(H,30,31). The summed E-state index contributed by atoms with van der Waals surface area (Å²) >= 11 is 0. The second-order valence-electron chi connectivity index (χ2n) is 11.7. The number of benzene rings is 2. The zero-order valence-electron chi connectivity index (χ0n) is 22.0. The number of nitrogens with zero attached hydrogens (tertiary/aromatic N) is 4. The zero-order valence-corrected chi connectivity index (χ0v) is 22.0. The molecule has 198 valence electrons. The number of nitrogens with one attached hydrogen (secondary N) is 1. The SMILES string of the molecule is Cc1cccc2c1C1(CCN(C(=O)c3ccc4[nH]ncc4c3)CC1)C(=O)N2CC(=O)N1CC(O)C(C)(C)C1. The highest BCUT2D eigenvalue weighted by atomic mass is 16.3. The van der Waals surface area contributed by atoms with Crippen LogP contribution in [0.5, 0.6) is 0 Å². The first-order valence-electron chi connectivity index (χ1n) is 13.2. The lowest BCUT2D eigenvalue weighted by Gasteiger charge is -2.39. The minimum atomic E-state index is -0.754. The lowest BCUT2D eigenvalue weighted by Crippen LogP contribution is -2.51. The number of H-pyrrole nitrogens is 1. The topological polar surface area (TPSA) is 110 Å². The number of aliphatic hydroxyl groups excluding tert-OH is 1. The molecule has 3 aliphatic heterocycles. The number of likely N-dealkylation sites (tertiary alicyclic amines) is 2. The molecule has 3 amide bonds. The number of anilines is 1. The minimum absolute atomic E-state index is 0.0484. The second-order valence-corrected chi connectivity index (χ2v) is 11.7. The second kappa shape index (κ2) is 8.66. The monoisotopic (exact) mass is 515 g/mol. The predicted molar refractivity (Wildman–Crippen MR) is 143 cm³/mol. The fourth-order valence-electron chi connectivity index (χ4n) is 6.49. The number of aromatic amines is 1. The van der Waals surface area contributed by atoms with Gasteiger partial charge in [-0.05, 0) is 55.2 Å². The Labute approximate surface area is 221 Å². The number of β-amino-alcohol motifs (C(OH)–C–C–N with tert-alkyl or cyclic N) is 1. The van der Waals surface area contributed by atoms with Gasteiger partial charge in [-0.1, -0.05) is 26.0 Å². The quantitative estimate of drug-likeness (QED) is 0.557. The highest BCUT2D eigenvalue weighted by Gasteiger charge is 2.54. The van der Waals surface area contributed by atoms with E-state index >= 15 is 0 Å². The maximum atomic E-state index is 14.1. The molecule has 1 aromatic heterocycles. The number of hydrogen-bond acceptors (Lipinski definition) is 5. The van der Waals surface area contributed by atoms with Crippen LogP contribution in [0.25, 0.3) is 10.9 Å². The smallest absolute Gasteiger partial charge is 0.253 e. The summed E-state index contributed by atoms with van der Waals surface area (Å²) in [6.45, 7) is 7.50. The Morgan fingerprint density at radius 2 is 1.89 bits per heavy atom. The lowest BCUT2D eigenvalue weighted by molar-refractivity contribution is -0.132. The normalized spacial score (nSPS) is 21.9. The number of amides is 3. The van der Waals surface area contributed by atoms with E-state index in [1.807, 2.05) is 56.0 Å². The first-order chi connectivity index (χ1) is 18.1. The first-order valence-corrected chi connectivity index (χ1v) is 13.2. The number of hydrogen-bond donors (Lipinski definition) is 2. The van der Waals surface area contributed by atoms with Crippen molar-refractivity contribution in [2.24, 2.45) is 5.41 Å². The summed E-state index contributed by atoms with van der Waals surface area (Å²) in [6, 6.07) is 11.4. The average molecular weight is 516 g/mol. The maximum absolute atomic E-state index is 14.1. The van der Waals surface area contributed by atoms with Crippen LogP contribution in [0.15, 0.2) is 42.6 Å². The van der Waals surface area contributed by atoms with Crippen molar-refractivity contribution >= 4 is 34.3 Å². The molecule has 6 rings (SSSR count). The van der Waals surface area contributed by atoms with Crippen LogP contribution in [-0.4, -0.2) is 81.7 Å². The summed E-state index contributed by atoms with van der Waals surface area (Å²) in [5.41, 5.74) is 3.14. The molecule has 1 spiro atoms. The van der Waals surface area contributed by atoms with Crippen molar-refractivity contribution in [1.29, 1.82) is 0 Å². The third-order valence-electron chi connectivity index (χ3n) is 8.81. The zero-order chi connectivity index (χ0) is 26.8. The van der Waals surface area contributed by atoms with Gasteiger partial charge in [-0.3, -0.25) is 19.5 Å². The van der Waals surface area contributed by atoms with Crippen molar-refractivity contribution in [2.45, 2.75) is 45.1 Å². The number of aryl methyl sites for hydroxylation is 1. The molecule has 0 radical (unpaired) electrons. The van der Waals surface area contributed by atoms with Gasteiger partial charge in [0.15, 0.2) is 0 Å². The molecule has 0 bridgehead atoms. The molecule has 2 fully saturated rings. The van der Waals surface area contributed by atoms with Crippen LogP contribution in [0.1, 0.15) is 48.2 Å². The van der Waals surface area contributed by atoms with E-state index in [9.17, 15) is 19.5 Å². The summed E-state index contributed by atoms with van der Waals surface area (Å²) in [5, 5.41) is 18.2. The van der Waals surface area contributed by atoms with Crippen molar-refractivity contribution in [2.75, 3.05) is 37.6 Å². The molecule has 2 aromatic carbocycles. The fraction of sp³-hybridized carbons (Fsp3) is 0.448. The van der Waals surface area contributed by atoms with Gasteiger partial charge in [0.2, 0.25) is 11.8 Å². The molecular weight excluding hydrogens is 482 g/mol. The molecule has 0 saturated carbocycles. The summed E-state index contributed by atoms with van der Waals surface area (Å²) in [7, 11) is 0. The van der Waals surface area contributed by atoms with Crippen molar-refractivity contribution < 1.29 is 19.5 Å². The number of aromatic nitrogens is 2. The number of piperidine rings is 1. The molecule has 38 heavy (non-hydrogen) atoms. The van der Waals surface area contributed by atoms with Gasteiger partial charge >= 0.3 is 0 Å². The van der Waals surface area contributed by atoms with E-state index in [1.54, 1.807) is 22.1 Å². The van der Waals surface area contributed by atoms with Crippen LogP contribution in [-0.2, 0) is 15.0 Å². The molecular formula is C29H33N5O4. The molecule has 2 saturated heterocycles. The van der Waals surface area contributed by atoms with Crippen LogP contribution in [0.4, 0.5) is 5.69 Å². The molecule has 2 N–H and O–H groups in total. The number of carbonyl (C=O) groups excluding carboxylic acids is 3. The number of rotatable bonds is 3. The summed E-state index contributed by atoms with van der Waals surface area (Å²) in [6.07, 6.45) is 2.12. The Morgan fingerprint density at radius 1 is 1.13 bits per heavy atom. The Morgan fingerprint density at radius 3 is 2.61 bits per heavy atom. The highest BCUT2D eigenvalue weighted by molar-refractivity contribution is 6.11. The molecule has 9 heteroatoms. The van der Waals surface area contributed by atoms with Crippen LogP contribution in [0, 0.1) is 12.3 Å². The van der Waals surface area contributed by atoms with E-state index in [1.165, 1.54) is 0 Å². The van der Waals surface area contributed by atoms with E-state index in [-0.39, 0.29) is 36.2 Å². The number of aliphatic hydroxyl groups is 1. The Balaban J connectivity index is 1.23. The summed E-state index contributed by atoms with van der Waals surface area (Å²) in [4.78, 5) is 45.8. The predicted octanol–water partition coefficient (Wildman–Crippen LogP) is 2.62. The van der Waals surface area contributed by atoms with E-state index in [0.29, 0.717) is 38.0 Å². The average Bonchev–Trinajstić information content (AvgIpc) is 3.54. The van der Waals surface area contributed by atoms with Crippen molar-refractivity contribution in [3.8, 4) is 0 Å². The van der Waals surface area contributed by atoms with Gasteiger partial charge in [0.1, 0.15) is 6.54 Å². The van der Waals surface area contributed by atoms with E-state index in [0.717, 1.165) is 27.7 Å². The molecule has 1 unspecified atom stereocenters. The van der Waals surface area contributed by atoms with Crippen LogP contribution in [0.3, 0.4) is 0 Å². The largest absolute Gasteiger partial charge is 0.391 e. The minimum Gasteiger partial charge on any atom is -0.391 e. The van der Waals surface area contributed by atoms with Gasteiger partial charge < -0.3 is 19.8 Å². The van der Waals surface area contributed by atoms with Gasteiger partial charge in [-0.25, -0.2) is 0 Å². The molecule has 9 nitrogen and oxygen atoms in total. The van der Waals surface area contributed by atoms with Gasteiger partial charge in [-0.15, -0.1) is 0 Å². The van der Waals surface area contributed by atoms with Crippen LogP contribution < -0.4 is 4.90 Å². The number of carbonyl (C=O) groups is 3. The Hall–Kier alpha value is -3.72. The van der Waals surface area contributed by atoms with Gasteiger partial charge in [0.05, 0.1) is 23.2 Å². The fourth-order valence-corrected chi connectivity index (χ4v) is 6.49. The van der Waals surface area contributed by atoms with Crippen molar-refractivity contribution in [3.63, 3.8) is 0 Å². The molecule has 3 aromatic rings. The van der Waals surface area contributed by atoms with E-state index < -0.39 is 11.5 Å².